The zero-order valence-corrected chi connectivity index (χ0v) is 13.0. The number of ether oxygens (including phenoxy) is 1. The first-order valence-corrected chi connectivity index (χ1v) is 7.19. The van der Waals surface area contributed by atoms with Crippen molar-refractivity contribution >= 4 is 45.2 Å². The molecule has 0 amide bonds. The van der Waals surface area contributed by atoms with Gasteiger partial charge in [-0.3, -0.25) is 0 Å². The first-order chi connectivity index (χ1) is 9.15. The molecule has 0 bridgehead atoms. The third kappa shape index (κ3) is 4.57. The van der Waals surface area contributed by atoms with Crippen LogP contribution < -0.4 is 4.74 Å². The molecule has 2 aromatic rings. The fourth-order valence-corrected chi connectivity index (χ4v) is 2.35. The van der Waals surface area contributed by atoms with Crippen molar-refractivity contribution in [1.29, 1.82) is 0 Å². The summed E-state index contributed by atoms with van der Waals surface area (Å²) in [5.74, 6) is 0.784. The normalized spacial score (nSPS) is 10.1. The van der Waals surface area contributed by atoms with Gasteiger partial charge in [0, 0.05) is 0 Å². The zero-order valence-electron chi connectivity index (χ0n) is 9.95. The van der Waals surface area contributed by atoms with Crippen molar-refractivity contribution in [2.24, 2.45) is 0 Å². The number of rotatable bonds is 4. The molecule has 0 radical (unpaired) electrons. The summed E-state index contributed by atoms with van der Waals surface area (Å²) in [6.45, 7) is 0.533. The molecule has 0 saturated carbocycles. The molecule has 0 aromatic heterocycles. The number of benzene rings is 2. The van der Waals surface area contributed by atoms with Crippen molar-refractivity contribution in [3.63, 3.8) is 0 Å². The molecule has 0 unspecified atom stereocenters. The maximum atomic E-state index is 5.75. The smallest absolute Gasteiger partial charge is 0.134 e. The first-order valence-electron chi connectivity index (χ1n) is 5.64. The Balaban J connectivity index is 2.07. The monoisotopic (exact) mass is 356 g/mol. The molecular weight excluding hydrogens is 347 g/mol. The maximum absolute atomic E-state index is 5.75. The van der Waals surface area contributed by atoms with Gasteiger partial charge in [-0.1, -0.05) is 59.6 Å². The first kappa shape index (κ1) is 14.4. The molecule has 0 aliphatic rings. The lowest BCUT2D eigenvalue weighted by atomic mass is 10.2. The van der Waals surface area contributed by atoms with Gasteiger partial charge in [-0.25, -0.2) is 0 Å². The third-order valence-electron chi connectivity index (χ3n) is 2.47. The average Bonchev–Trinajstić information content (AvgIpc) is 2.38. The molecule has 0 heterocycles. The summed E-state index contributed by atoms with van der Waals surface area (Å²) in [5.41, 5.74) is 2.04. The van der Waals surface area contributed by atoms with E-state index in [4.69, 9.17) is 27.9 Å². The van der Waals surface area contributed by atoms with Crippen LogP contribution in [0.1, 0.15) is 11.1 Å². The molecule has 2 rings (SSSR count). The van der Waals surface area contributed by atoms with Crippen LogP contribution in [0.2, 0.25) is 0 Å². The SMILES string of the molecule is ClC(Cl)=Cc1ccc(OCc2ccccc2)c(Br)c1. The molecule has 0 aliphatic carbocycles. The van der Waals surface area contributed by atoms with Crippen molar-refractivity contribution in [2.45, 2.75) is 6.61 Å². The second kappa shape index (κ2) is 6.99. The number of halogens is 3. The minimum atomic E-state index is 0.227. The van der Waals surface area contributed by atoms with Gasteiger partial charge in [0.2, 0.25) is 0 Å². The van der Waals surface area contributed by atoms with E-state index in [9.17, 15) is 0 Å². The zero-order chi connectivity index (χ0) is 13.7. The van der Waals surface area contributed by atoms with Crippen molar-refractivity contribution in [3.05, 3.63) is 68.6 Å². The Labute approximate surface area is 130 Å². The predicted octanol–water partition coefficient (Wildman–Crippen LogP) is 5.80. The molecule has 0 aliphatic heterocycles. The fraction of sp³-hybridized carbons (Fsp3) is 0.0667. The summed E-state index contributed by atoms with van der Waals surface area (Å²) in [6, 6.07) is 15.7. The summed E-state index contributed by atoms with van der Waals surface area (Å²) < 4.78 is 6.84. The van der Waals surface area contributed by atoms with E-state index in [2.05, 4.69) is 15.9 Å². The van der Waals surface area contributed by atoms with Crippen LogP contribution in [0.25, 0.3) is 6.08 Å². The van der Waals surface area contributed by atoms with Gasteiger partial charge >= 0.3 is 0 Å². The fourth-order valence-electron chi connectivity index (χ4n) is 1.59. The van der Waals surface area contributed by atoms with E-state index in [1.54, 1.807) is 6.08 Å². The van der Waals surface area contributed by atoms with Crippen LogP contribution in [0.3, 0.4) is 0 Å². The van der Waals surface area contributed by atoms with Crippen LogP contribution in [-0.2, 0) is 6.61 Å². The van der Waals surface area contributed by atoms with E-state index in [1.807, 2.05) is 48.5 Å². The lowest BCUT2D eigenvalue weighted by Gasteiger charge is -2.09. The Morgan fingerprint density at radius 2 is 1.84 bits per heavy atom. The Morgan fingerprint density at radius 1 is 1.11 bits per heavy atom. The number of hydrogen-bond donors (Lipinski definition) is 0. The van der Waals surface area contributed by atoms with Gasteiger partial charge in [-0.2, -0.15) is 0 Å². The van der Waals surface area contributed by atoms with Gasteiger partial charge in [-0.15, -0.1) is 0 Å². The van der Waals surface area contributed by atoms with Crippen LogP contribution in [-0.4, -0.2) is 0 Å². The van der Waals surface area contributed by atoms with Gasteiger partial charge in [0.05, 0.1) is 4.47 Å². The maximum Gasteiger partial charge on any atom is 0.134 e. The van der Waals surface area contributed by atoms with Crippen LogP contribution in [0.5, 0.6) is 5.75 Å². The molecule has 0 saturated heterocycles. The molecule has 0 spiro atoms. The minimum Gasteiger partial charge on any atom is -0.488 e. The van der Waals surface area contributed by atoms with E-state index in [0.717, 1.165) is 21.3 Å². The van der Waals surface area contributed by atoms with E-state index in [-0.39, 0.29) is 4.49 Å². The Morgan fingerprint density at radius 3 is 2.47 bits per heavy atom. The van der Waals surface area contributed by atoms with Gasteiger partial charge in [0.25, 0.3) is 0 Å². The Bertz CT molecular complexity index is 578. The molecular formula is C15H11BrCl2O. The molecule has 0 fully saturated rings. The lowest BCUT2D eigenvalue weighted by Crippen LogP contribution is -1.95. The van der Waals surface area contributed by atoms with Gasteiger partial charge in [-0.05, 0) is 45.3 Å². The summed E-state index contributed by atoms with van der Waals surface area (Å²) >= 11 is 14.7. The highest BCUT2D eigenvalue weighted by molar-refractivity contribution is 9.10. The van der Waals surface area contributed by atoms with Crippen LogP contribution in [0.4, 0.5) is 0 Å². The second-order valence-electron chi connectivity index (χ2n) is 3.90. The van der Waals surface area contributed by atoms with Crippen LogP contribution in [0.15, 0.2) is 57.5 Å². The Kier molecular flexibility index (Phi) is 5.32. The second-order valence-corrected chi connectivity index (χ2v) is 5.76. The van der Waals surface area contributed by atoms with Crippen LogP contribution in [0, 0.1) is 0 Å². The molecule has 0 atom stereocenters. The van der Waals surface area contributed by atoms with Crippen LogP contribution >= 0.6 is 39.1 Å². The summed E-state index contributed by atoms with van der Waals surface area (Å²) in [6.07, 6.45) is 1.68. The van der Waals surface area contributed by atoms with Gasteiger partial charge in [0.15, 0.2) is 0 Å². The molecule has 98 valence electrons. The highest BCUT2D eigenvalue weighted by atomic mass is 79.9. The highest BCUT2D eigenvalue weighted by Crippen LogP contribution is 2.28. The van der Waals surface area contributed by atoms with Crippen molar-refractivity contribution in [3.8, 4) is 5.75 Å². The number of hydrogen-bond acceptors (Lipinski definition) is 1. The summed E-state index contributed by atoms with van der Waals surface area (Å²) in [4.78, 5) is 0. The molecule has 0 N–H and O–H groups in total. The van der Waals surface area contributed by atoms with Gasteiger partial charge < -0.3 is 4.74 Å². The molecule has 19 heavy (non-hydrogen) atoms. The minimum absolute atomic E-state index is 0.227. The summed E-state index contributed by atoms with van der Waals surface area (Å²) in [7, 11) is 0. The van der Waals surface area contributed by atoms with E-state index < -0.39 is 0 Å². The van der Waals surface area contributed by atoms with Crippen molar-refractivity contribution < 1.29 is 4.74 Å². The Hall–Kier alpha value is -0.960. The van der Waals surface area contributed by atoms with Crippen molar-refractivity contribution in [1.82, 2.24) is 0 Å². The molecule has 4 heteroatoms. The van der Waals surface area contributed by atoms with E-state index in [1.165, 1.54) is 0 Å². The quantitative estimate of drug-likeness (QED) is 0.671. The summed E-state index contributed by atoms with van der Waals surface area (Å²) in [5, 5.41) is 0. The van der Waals surface area contributed by atoms with Crippen molar-refractivity contribution in [2.75, 3.05) is 0 Å². The standard InChI is InChI=1S/C15H11BrCl2O/c16-13-8-12(9-15(17)18)6-7-14(13)19-10-11-4-2-1-3-5-11/h1-9H,10H2. The van der Waals surface area contributed by atoms with Gasteiger partial charge in [0.1, 0.15) is 16.8 Å². The average molecular weight is 358 g/mol. The third-order valence-corrected chi connectivity index (χ3v) is 3.31. The largest absolute Gasteiger partial charge is 0.488 e. The molecule has 2 aromatic carbocycles. The highest BCUT2D eigenvalue weighted by Gasteiger charge is 2.02. The topological polar surface area (TPSA) is 9.23 Å². The lowest BCUT2D eigenvalue weighted by molar-refractivity contribution is 0.304. The van der Waals surface area contributed by atoms with E-state index in [0.29, 0.717) is 6.61 Å². The predicted molar refractivity (Wildman–Crippen MR) is 84.6 cm³/mol. The van der Waals surface area contributed by atoms with E-state index >= 15 is 0 Å². The molecule has 1 nitrogen and oxygen atoms in total.